The minimum absolute atomic E-state index is 0.107. The third kappa shape index (κ3) is 3.38. The lowest BCUT2D eigenvalue weighted by atomic mass is 10.0. The van der Waals surface area contributed by atoms with Crippen LogP contribution >= 0.6 is 22.9 Å². The second-order valence-corrected chi connectivity index (χ2v) is 4.99. The number of Topliss-reactive ketones (excluding diaryl/α,β-unsaturated/α-hetero) is 2. The maximum atomic E-state index is 11.8. The molecule has 0 spiro atoms. The number of hydrogen-bond donors (Lipinski definition) is 0. The van der Waals surface area contributed by atoms with E-state index in [-0.39, 0.29) is 6.61 Å². The van der Waals surface area contributed by atoms with Gasteiger partial charge in [0.2, 0.25) is 0 Å². The van der Waals surface area contributed by atoms with Crippen molar-refractivity contribution in [1.82, 2.24) is 0 Å². The van der Waals surface area contributed by atoms with E-state index >= 15 is 0 Å². The maximum absolute atomic E-state index is 11.8. The van der Waals surface area contributed by atoms with Crippen LogP contribution in [0.2, 0.25) is 4.34 Å². The first kappa shape index (κ1) is 13.9. The molecule has 0 bridgehead atoms. The standard InChI is InChI=1S/C11H11ClO4S/c1-3-16-11(15)10(14)6(2)9(13)7-4-5-8(12)17-7/h4-6H,3H2,1-2H3. The molecule has 0 aliphatic carbocycles. The summed E-state index contributed by atoms with van der Waals surface area (Å²) in [5.74, 6) is -3.26. The van der Waals surface area contributed by atoms with Crippen molar-refractivity contribution in [3.05, 3.63) is 21.3 Å². The average molecular weight is 275 g/mol. The van der Waals surface area contributed by atoms with Crippen molar-refractivity contribution in [2.75, 3.05) is 6.61 Å². The summed E-state index contributed by atoms with van der Waals surface area (Å²) in [6, 6.07) is 3.10. The van der Waals surface area contributed by atoms with E-state index in [9.17, 15) is 14.4 Å². The molecule has 0 radical (unpaired) electrons. The average Bonchev–Trinajstić information content (AvgIpc) is 2.73. The SMILES string of the molecule is CCOC(=O)C(=O)C(C)C(=O)c1ccc(Cl)s1. The van der Waals surface area contributed by atoms with Crippen molar-refractivity contribution in [2.24, 2.45) is 5.92 Å². The van der Waals surface area contributed by atoms with Crippen LogP contribution in [0.15, 0.2) is 12.1 Å². The van der Waals surface area contributed by atoms with E-state index < -0.39 is 23.5 Å². The smallest absolute Gasteiger partial charge is 0.375 e. The molecule has 0 aliphatic heterocycles. The molecule has 0 N–H and O–H groups in total. The molecule has 0 saturated heterocycles. The fourth-order valence-corrected chi connectivity index (χ4v) is 2.23. The van der Waals surface area contributed by atoms with Gasteiger partial charge >= 0.3 is 5.97 Å². The lowest BCUT2D eigenvalue weighted by Gasteiger charge is -2.06. The lowest BCUT2D eigenvalue weighted by molar-refractivity contribution is -0.154. The van der Waals surface area contributed by atoms with Crippen LogP contribution in [0, 0.1) is 5.92 Å². The molecule has 0 aliphatic rings. The molecule has 0 saturated carbocycles. The molecule has 17 heavy (non-hydrogen) atoms. The molecule has 1 aromatic rings. The quantitative estimate of drug-likeness (QED) is 0.358. The Labute approximate surface area is 108 Å². The van der Waals surface area contributed by atoms with Crippen molar-refractivity contribution in [3.8, 4) is 0 Å². The first-order chi connectivity index (χ1) is 7.97. The van der Waals surface area contributed by atoms with Crippen molar-refractivity contribution < 1.29 is 19.1 Å². The Morgan fingerprint density at radius 1 is 1.41 bits per heavy atom. The third-order valence-electron chi connectivity index (χ3n) is 2.08. The predicted octanol–water partition coefficient (Wildman–Crippen LogP) is 2.35. The van der Waals surface area contributed by atoms with Crippen LogP contribution < -0.4 is 0 Å². The molecule has 1 rings (SSSR count). The first-order valence-electron chi connectivity index (χ1n) is 4.97. The Balaban J connectivity index is 2.76. The number of halogens is 1. The molecular formula is C11H11ClO4S. The minimum Gasteiger partial charge on any atom is -0.460 e. The summed E-state index contributed by atoms with van der Waals surface area (Å²) in [6.07, 6.45) is 0. The number of carbonyl (C=O) groups is 3. The van der Waals surface area contributed by atoms with Gasteiger partial charge in [0, 0.05) is 0 Å². The summed E-state index contributed by atoms with van der Waals surface area (Å²) in [5, 5.41) is 0. The normalized spacial score (nSPS) is 11.9. The molecule has 0 fully saturated rings. The number of esters is 1. The van der Waals surface area contributed by atoms with Crippen LogP contribution in [0.25, 0.3) is 0 Å². The molecule has 1 unspecified atom stereocenters. The zero-order chi connectivity index (χ0) is 13.0. The summed E-state index contributed by atoms with van der Waals surface area (Å²) in [6.45, 7) is 3.09. The molecule has 0 aromatic carbocycles. The number of ketones is 2. The van der Waals surface area contributed by atoms with E-state index in [0.29, 0.717) is 9.21 Å². The molecule has 1 heterocycles. The topological polar surface area (TPSA) is 60.4 Å². The second kappa shape index (κ2) is 5.93. The second-order valence-electron chi connectivity index (χ2n) is 3.27. The molecule has 6 heteroatoms. The van der Waals surface area contributed by atoms with Gasteiger partial charge in [0.25, 0.3) is 5.78 Å². The highest BCUT2D eigenvalue weighted by atomic mass is 35.5. The highest BCUT2D eigenvalue weighted by molar-refractivity contribution is 7.18. The number of thiophene rings is 1. The summed E-state index contributed by atoms with van der Waals surface area (Å²) in [7, 11) is 0. The highest BCUT2D eigenvalue weighted by Crippen LogP contribution is 2.24. The fraction of sp³-hybridized carbons (Fsp3) is 0.364. The van der Waals surface area contributed by atoms with Crippen molar-refractivity contribution in [2.45, 2.75) is 13.8 Å². The monoisotopic (exact) mass is 274 g/mol. The van der Waals surface area contributed by atoms with E-state index in [4.69, 9.17) is 11.6 Å². The van der Waals surface area contributed by atoms with E-state index in [2.05, 4.69) is 4.74 Å². The Morgan fingerprint density at radius 2 is 2.06 bits per heavy atom. The Hall–Kier alpha value is -1.20. The molecule has 0 amide bonds. The molecular weight excluding hydrogens is 264 g/mol. The predicted molar refractivity (Wildman–Crippen MR) is 64.5 cm³/mol. The van der Waals surface area contributed by atoms with Gasteiger partial charge in [-0.15, -0.1) is 11.3 Å². The lowest BCUT2D eigenvalue weighted by Crippen LogP contribution is -2.29. The summed E-state index contributed by atoms with van der Waals surface area (Å²) >= 11 is 6.77. The summed E-state index contributed by atoms with van der Waals surface area (Å²) < 4.78 is 5.01. The van der Waals surface area contributed by atoms with Gasteiger partial charge < -0.3 is 4.74 Å². The van der Waals surface area contributed by atoms with Gasteiger partial charge in [-0.2, -0.15) is 0 Å². The molecule has 92 valence electrons. The van der Waals surface area contributed by atoms with Crippen LogP contribution in [-0.4, -0.2) is 24.1 Å². The largest absolute Gasteiger partial charge is 0.460 e. The third-order valence-corrected chi connectivity index (χ3v) is 3.32. The number of hydrogen-bond acceptors (Lipinski definition) is 5. The van der Waals surface area contributed by atoms with Gasteiger partial charge in [0.1, 0.15) is 0 Å². The minimum atomic E-state index is -1.04. The van der Waals surface area contributed by atoms with Gasteiger partial charge in [-0.05, 0) is 26.0 Å². The maximum Gasteiger partial charge on any atom is 0.375 e. The number of rotatable bonds is 5. The molecule has 1 atom stereocenters. The zero-order valence-electron chi connectivity index (χ0n) is 9.36. The van der Waals surface area contributed by atoms with Crippen molar-refractivity contribution in [3.63, 3.8) is 0 Å². The Bertz CT molecular complexity index is 452. The van der Waals surface area contributed by atoms with Gasteiger partial charge in [0.15, 0.2) is 5.78 Å². The molecule has 1 aromatic heterocycles. The van der Waals surface area contributed by atoms with E-state index in [1.54, 1.807) is 13.0 Å². The molecule has 4 nitrogen and oxygen atoms in total. The summed E-state index contributed by atoms with van der Waals surface area (Å²) in [5.41, 5.74) is 0. The van der Waals surface area contributed by atoms with E-state index in [1.165, 1.54) is 13.0 Å². The first-order valence-corrected chi connectivity index (χ1v) is 6.17. The zero-order valence-corrected chi connectivity index (χ0v) is 10.9. The highest BCUT2D eigenvalue weighted by Gasteiger charge is 2.29. The number of carbonyl (C=O) groups excluding carboxylic acids is 3. The fourth-order valence-electron chi connectivity index (χ4n) is 1.16. The summed E-state index contributed by atoms with van der Waals surface area (Å²) in [4.78, 5) is 34.9. The van der Waals surface area contributed by atoms with Gasteiger partial charge in [-0.3, -0.25) is 9.59 Å². The van der Waals surface area contributed by atoms with Crippen LogP contribution in [0.3, 0.4) is 0 Å². The van der Waals surface area contributed by atoms with E-state index in [1.807, 2.05) is 0 Å². The van der Waals surface area contributed by atoms with Gasteiger partial charge in [-0.1, -0.05) is 11.6 Å². The van der Waals surface area contributed by atoms with Crippen LogP contribution in [-0.2, 0) is 14.3 Å². The Morgan fingerprint density at radius 3 is 2.53 bits per heavy atom. The van der Waals surface area contributed by atoms with Gasteiger partial charge in [0.05, 0.1) is 21.7 Å². The van der Waals surface area contributed by atoms with E-state index in [0.717, 1.165) is 11.3 Å². The van der Waals surface area contributed by atoms with Crippen molar-refractivity contribution >= 4 is 40.5 Å². The van der Waals surface area contributed by atoms with Crippen LogP contribution in [0.1, 0.15) is 23.5 Å². The number of ether oxygens (including phenoxy) is 1. The van der Waals surface area contributed by atoms with Gasteiger partial charge in [-0.25, -0.2) is 4.79 Å². The van der Waals surface area contributed by atoms with Crippen LogP contribution in [0.5, 0.6) is 0 Å². The van der Waals surface area contributed by atoms with Crippen LogP contribution in [0.4, 0.5) is 0 Å². The van der Waals surface area contributed by atoms with Crippen molar-refractivity contribution in [1.29, 1.82) is 0 Å². The Kier molecular flexibility index (Phi) is 4.84.